The minimum atomic E-state index is -3.83. The molecular formula is C11H12N4O4S2. The number of nitrogens with zero attached hydrogens (tertiary/aromatic N) is 3. The Kier molecular flexibility index (Phi) is 4.19. The fraction of sp³-hybridized carbons (Fsp3) is 0.273. The summed E-state index contributed by atoms with van der Waals surface area (Å²) in [5, 5.41) is 10.7. The minimum Gasteiger partial charge on any atom is -0.258 e. The van der Waals surface area contributed by atoms with E-state index in [1.807, 2.05) is 13.8 Å². The van der Waals surface area contributed by atoms with Crippen molar-refractivity contribution in [2.75, 3.05) is 4.72 Å². The van der Waals surface area contributed by atoms with Gasteiger partial charge in [-0.2, -0.15) is 4.37 Å². The molecule has 0 amide bonds. The average Bonchev–Trinajstić information content (AvgIpc) is 2.87. The van der Waals surface area contributed by atoms with Crippen molar-refractivity contribution in [1.82, 2.24) is 9.36 Å². The summed E-state index contributed by atoms with van der Waals surface area (Å²) < 4.78 is 30.6. The molecule has 10 heteroatoms. The molecule has 0 saturated carbocycles. The molecule has 1 N–H and O–H groups in total. The second kappa shape index (κ2) is 5.74. The summed E-state index contributed by atoms with van der Waals surface area (Å²) in [6, 6.07) is 4.61. The molecule has 0 radical (unpaired) electrons. The SMILES string of the molecule is CC(C)c1nsc(NS(=O)(=O)c2ccc([N+](=O)[O-])cc2)n1. The first kappa shape index (κ1) is 15.3. The smallest absolute Gasteiger partial charge is 0.258 e. The van der Waals surface area contributed by atoms with Crippen LogP contribution in [-0.4, -0.2) is 22.7 Å². The van der Waals surface area contributed by atoms with Gasteiger partial charge in [0.25, 0.3) is 15.7 Å². The van der Waals surface area contributed by atoms with Crippen molar-refractivity contribution in [1.29, 1.82) is 0 Å². The zero-order valence-corrected chi connectivity index (χ0v) is 12.8. The number of benzene rings is 1. The molecule has 1 heterocycles. The Balaban J connectivity index is 2.22. The van der Waals surface area contributed by atoms with E-state index < -0.39 is 14.9 Å². The van der Waals surface area contributed by atoms with Crippen LogP contribution in [0.25, 0.3) is 0 Å². The Morgan fingerprint density at radius 1 is 1.29 bits per heavy atom. The van der Waals surface area contributed by atoms with Gasteiger partial charge in [0.15, 0.2) is 0 Å². The van der Waals surface area contributed by atoms with Crippen LogP contribution in [0.4, 0.5) is 10.8 Å². The van der Waals surface area contributed by atoms with Crippen molar-refractivity contribution in [3.05, 3.63) is 40.2 Å². The van der Waals surface area contributed by atoms with Gasteiger partial charge in [0.1, 0.15) is 5.82 Å². The summed E-state index contributed by atoms with van der Waals surface area (Å²) in [5.74, 6) is 0.653. The van der Waals surface area contributed by atoms with E-state index in [0.29, 0.717) is 5.82 Å². The molecule has 0 aliphatic carbocycles. The van der Waals surface area contributed by atoms with Crippen molar-refractivity contribution in [2.45, 2.75) is 24.7 Å². The summed E-state index contributed by atoms with van der Waals surface area (Å²) in [6.07, 6.45) is 0. The first-order valence-corrected chi connectivity index (χ1v) is 8.16. The fourth-order valence-electron chi connectivity index (χ4n) is 1.43. The van der Waals surface area contributed by atoms with E-state index in [1.54, 1.807) is 0 Å². The van der Waals surface area contributed by atoms with Crippen LogP contribution < -0.4 is 4.72 Å². The van der Waals surface area contributed by atoms with Gasteiger partial charge in [-0.25, -0.2) is 13.4 Å². The third-order valence-electron chi connectivity index (χ3n) is 2.54. The van der Waals surface area contributed by atoms with Gasteiger partial charge >= 0.3 is 0 Å². The maximum Gasteiger partial charge on any atom is 0.269 e. The monoisotopic (exact) mass is 328 g/mol. The molecule has 8 nitrogen and oxygen atoms in total. The van der Waals surface area contributed by atoms with Crippen LogP contribution in [0.2, 0.25) is 0 Å². The number of anilines is 1. The van der Waals surface area contributed by atoms with Gasteiger partial charge in [-0.15, -0.1) is 0 Å². The molecule has 0 aliphatic rings. The van der Waals surface area contributed by atoms with Crippen LogP contribution in [0, 0.1) is 10.1 Å². The molecule has 0 saturated heterocycles. The quantitative estimate of drug-likeness (QED) is 0.665. The number of hydrogen-bond acceptors (Lipinski definition) is 7. The van der Waals surface area contributed by atoms with Crippen LogP contribution in [0.3, 0.4) is 0 Å². The highest BCUT2D eigenvalue weighted by atomic mass is 32.2. The molecular weight excluding hydrogens is 316 g/mol. The van der Waals surface area contributed by atoms with Gasteiger partial charge in [0, 0.05) is 29.6 Å². The van der Waals surface area contributed by atoms with Crippen LogP contribution in [0.1, 0.15) is 25.6 Å². The Hall–Kier alpha value is -2.07. The Labute approximate surface area is 125 Å². The Morgan fingerprint density at radius 3 is 2.38 bits per heavy atom. The second-order valence-corrected chi connectivity index (χ2v) is 6.90. The number of nitrogens with one attached hydrogen (secondary N) is 1. The zero-order chi connectivity index (χ0) is 15.6. The predicted octanol–water partition coefficient (Wildman–Crippen LogP) is 2.37. The van der Waals surface area contributed by atoms with Crippen molar-refractivity contribution >= 4 is 32.4 Å². The molecule has 0 bridgehead atoms. The van der Waals surface area contributed by atoms with Crippen LogP contribution in [0.5, 0.6) is 0 Å². The number of hydrogen-bond donors (Lipinski definition) is 1. The van der Waals surface area contributed by atoms with Crippen molar-refractivity contribution in [3.8, 4) is 0 Å². The lowest BCUT2D eigenvalue weighted by Gasteiger charge is -2.04. The van der Waals surface area contributed by atoms with Crippen LogP contribution >= 0.6 is 11.5 Å². The van der Waals surface area contributed by atoms with Gasteiger partial charge < -0.3 is 0 Å². The predicted molar refractivity (Wildman–Crippen MR) is 77.9 cm³/mol. The summed E-state index contributed by atoms with van der Waals surface area (Å²) >= 11 is 0.948. The molecule has 1 aromatic heterocycles. The maximum atomic E-state index is 12.1. The number of rotatable bonds is 5. The lowest BCUT2D eigenvalue weighted by atomic mass is 10.2. The topological polar surface area (TPSA) is 115 Å². The minimum absolute atomic E-state index is 0.0746. The second-order valence-electron chi connectivity index (χ2n) is 4.47. The standard InChI is InChI=1S/C11H12N4O4S2/c1-7(2)10-12-11(20-13-10)14-21(18,19)9-5-3-8(4-6-9)15(16)17/h3-7H,1-2H3,(H,12,13,14). The van der Waals surface area contributed by atoms with Crippen molar-refractivity contribution < 1.29 is 13.3 Å². The summed E-state index contributed by atoms with van der Waals surface area (Å²) in [7, 11) is -3.83. The van der Waals surface area contributed by atoms with E-state index in [0.717, 1.165) is 23.7 Å². The number of nitro groups is 1. The van der Waals surface area contributed by atoms with E-state index in [1.165, 1.54) is 12.1 Å². The third-order valence-corrected chi connectivity index (χ3v) is 4.67. The van der Waals surface area contributed by atoms with Crippen molar-refractivity contribution in [3.63, 3.8) is 0 Å². The van der Waals surface area contributed by atoms with E-state index >= 15 is 0 Å². The third kappa shape index (κ3) is 3.52. The summed E-state index contributed by atoms with van der Waals surface area (Å²) in [6.45, 7) is 3.80. The van der Waals surface area contributed by atoms with Gasteiger partial charge in [0.2, 0.25) is 5.13 Å². The number of non-ortho nitro benzene ring substituents is 1. The molecule has 0 atom stereocenters. The molecule has 21 heavy (non-hydrogen) atoms. The average molecular weight is 328 g/mol. The van der Waals surface area contributed by atoms with Crippen LogP contribution in [0.15, 0.2) is 29.2 Å². The molecule has 0 unspecified atom stereocenters. The largest absolute Gasteiger partial charge is 0.269 e. The van der Waals surface area contributed by atoms with Crippen LogP contribution in [-0.2, 0) is 10.0 Å². The summed E-state index contributed by atoms with van der Waals surface area (Å²) in [4.78, 5) is 14.0. The Morgan fingerprint density at radius 2 is 1.90 bits per heavy atom. The van der Waals surface area contributed by atoms with E-state index in [4.69, 9.17) is 0 Å². The normalized spacial score (nSPS) is 11.6. The van der Waals surface area contributed by atoms with Gasteiger partial charge in [-0.05, 0) is 12.1 Å². The number of sulfonamides is 1. The highest BCUT2D eigenvalue weighted by Crippen LogP contribution is 2.22. The molecule has 2 aromatic rings. The Bertz CT molecular complexity index is 753. The lowest BCUT2D eigenvalue weighted by Crippen LogP contribution is -2.12. The molecule has 112 valence electrons. The van der Waals surface area contributed by atoms with Gasteiger partial charge in [-0.1, -0.05) is 13.8 Å². The van der Waals surface area contributed by atoms with E-state index in [-0.39, 0.29) is 21.6 Å². The molecule has 1 aromatic carbocycles. The fourth-order valence-corrected chi connectivity index (χ4v) is 3.36. The lowest BCUT2D eigenvalue weighted by molar-refractivity contribution is -0.384. The first-order valence-electron chi connectivity index (χ1n) is 5.90. The number of aromatic nitrogens is 2. The maximum absolute atomic E-state index is 12.1. The zero-order valence-electron chi connectivity index (χ0n) is 11.2. The highest BCUT2D eigenvalue weighted by Gasteiger charge is 2.18. The molecule has 0 aliphatic heterocycles. The number of nitro benzene ring substituents is 1. The van der Waals surface area contributed by atoms with Gasteiger partial charge in [-0.3, -0.25) is 14.8 Å². The molecule has 0 fully saturated rings. The molecule has 2 rings (SSSR count). The van der Waals surface area contributed by atoms with E-state index in [9.17, 15) is 18.5 Å². The highest BCUT2D eigenvalue weighted by molar-refractivity contribution is 7.93. The summed E-state index contributed by atoms with van der Waals surface area (Å²) in [5.41, 5.74) is -0.174. The molecule has 0 spiro atoms. The van der Waals surface area contributed by atoms with Gasteiger partial charge in [0.05, 0.1) is 9.82 Å². The first-order chi connectivity index (χ1) is 9.79. The van der Waals surface area contributed by atoms with E-state index in [2.05, 4.69) is 14.1 Å². The van der Waals surface area contributed by atoms with Crippen molar-refractivity contribution in [2.24, 2.45) is 0 Å².